The predicted molar refractivity (Wildman–Crippen MR) is 129 cm³/mol. The van der Waals surface area contributed by atoms with E-state index in [4.69, 9.17) is 9.47 Å². The maximum absolute atomic E-state index is 13.9. The Morgan fingerprint density at radius 1 is 0.853 bits per heavy atom. The van der Waals surface area contributed by atoms with Crippen molar-refractivity contribution in [3.8, 4) is 11.5 Å². The normalized spacial score (nSPS) is 12.7. The third-order valence-electron chi connectivity index (χ3n) is 5.44. The zero-order valence-electron chi connectivity index (χ0n) is 21.2. The average molecular weight is 468 g/mol. The summed E-state index contributed by atoms with van der Waals surface area (Å²) in [7, 11) is 3.09. The molecule has 8 nitrogen and oxygen atoms in total. The van der Waals surface area contributed by atoms with Crippen molar-refractivity contribution < 1.29 is 23.9 Å². The monoisotopic (exact) mass is 467 g/mol. The zero-order valence-corrected chi connectivity index (χ0v) is 21.2. The van der Waals surface area contributed by atoms with Crippen molar-refractivity contribution in [1.29, 1.82) is 0 Å². The molecule has 0 saturated carbocycles. The van der Waals surface area contributed by atoms with E-state index in [1.807, 2.05) is 19.9 Å². The number of benzene rings is 2. The number of ether oxygens (including phenoxy) is 2. The summed E-state index contributed by atoms with van der Waals surface area (Å²) >= 11 is 0. The van der Waals surface area contributed by atoms with E-state index in [-0.39, 0.29) is 5.56 Å². The second-order valence-corrected chi connectivity index (χ2v) is 9.72. The lowest BCUT2D eigenvalue weighted by molar-refractivity contribution is -0.0273. The lowest BCUT2D eigenvalue weighted by atomic mass is 10.0. The minimum absolute atomic E-state index is 0.252. The summed E-state index contributed by atoms with van der Waals surface area (Å²) in [5, 5.41) is 2.17. The Kier molecular flexibility index (Phi) is 6.91. The van der Waals surface area contributed by atoms with Gasteiger partial charge < -0.3 is 14.4 Å². The molecule has 1 aliphatic heterocycles. The van der Waals surface area contributed by atoms with Gasteiger partial charge in [0.2, 0.25) is 0 Å². The maximum Gasteiger partial charge on any atom is 0.346 e. The van der Waals surface area contributed by atoms with Crippen LogP contribution in [0, 0.1) is 20.8 Å². The molecule has 2 aromatic rings. The van der Waals surface area contributed by atoms with Crippen LogP contribution in [-0.4, -0.2) is 65.6 Å². The number of fused-ring (bicyclic) bond motifs is 1. The Labute approximate surface area is 201 Å². The molecule has 0 saturated heterocycles. The third kappa shape index (κ3) is 4.85. The van der Waals surface area contributed by atoms with Gasteiger partial charge in [-0.1, -0.05) is 17.2 Å². The number of urea groups is 1. The van der Waals surface area contributed by atoms with E-state index >= 15 is 0 Å². The van der Waals surface area contributed by atoms with Gasteiger partial charge in [-0.3, -0.25) is 9.59 Å². The summed E-state index contributed by atoms with van der Waals surface area (Å²) in [6.07, 6.45) is 0. The molecule has 3 rings (SSSR count). The fourth-order valence-corrected chi connectivity index (χ4v) is 3.97. The molecule has 182 valence electrons. The number of aryl methyl sites for hydroxylation is 2. The summed E-state index contributed by atoms with van der Waals surface area (Å²) in [5.41, 5.74) is 2.13. The van der Waals surface area contributed by atoms with E-state index in [9.17, 15) is 14.4 Å². The Morgan fingerprint density at radius 2 is 1.44 bits per heavy atom. The van der Waals surface area contributed by atoms with Gasteiger partial charge in [-0.25, -0.2) is 9.80 Å². The number of amides is 4. The van der Waals surface area contributed by atoms with E-state index in [2.05, 4.69) is 0 Å². The smallest absolute Gasteiger partial charge is 0.346 e. The Hall–Kier alpha value is -3.55. The second kappa shape index (κ2) is 9.37. The summed E-state index contributed by atoms with van der Waals surface area (Å²) < 4.78 is 11.3. The van der Waals surface area contributed by atoms with Crippen molar-refractivity contribution in [3.05, 3.63) is 58.1 Å². The molecule has 0 spiro atoms. The molecule has 0 unspecified atom stereocenters. The van der Waals surface area contributed by atoms with E-state index in [0.29, 0.717) is 35.8 Å². The van der Waals surface area contributed by atoms with Crippen LogP contribution in [0.1, 0.15) is 58.2 Å². The molecular formula is C26H33N3O5. The molecule has 1 aliphatic rings. The second-order valence-electron chi connectivity index (χ2n) is 9.72. The third-order valence-corrected chi connectivity index (χ3v) is 5.44. The lowest BCUT2D eigenvalue weighted by Gasteiger charge is -2.43. The fraction of sp³-hybridized carbons (Fsp3) is 0.423. The maximum atomic E-state index is 13.9. The van der Waals surface area contributed by atoms with E-state index in [0.717, 1.165) is 16.1 Å². The highest BCUT2D eigenvalue weighted by Crippen LogP contribution is 2.36. The van der Waals surface area contributed by atoms with Crippen LogP contribution in [0.3, 0.4) is 0 Å². The van der Waals surface area contributed by atoms with Crippen molar-refractivity contribution in [2.75, 3.05) is 27.3 Å². The number of nitrogens with zero attached hydrogens (tertiary/aromatic N) is 3. The summed E-state index contributed by atoms with van der Waals surface area (Å²) in [6, 6.07) is 8.10. The van der Waals surface area contributed by atoms with Crippen LogP contribution < -0.4 is 9.47 Å². The van der Waals surface area contributed by atoms with E-state index in [1.54, 1.807) is 66.1 Å². The van der Waals surface area contributed by atoms with Gasteiger partial charge >= 0.3 is 6.03 Å². The Balaban J connectivity index is 2.17. The van der Waals surface area contributed by atoms with Crippen molar-refractivity contribution in [3.63, 3.8) is 0 Å². The first-order chi connectivity index (χ1) is 15.8. The number of imide groups is 1. The number of carbonyl (C=O) groups is 3. The summed E-state index contributed by atoms with van der Waals surface area (Å²) in [5.74, 6) is -0.0547. The van der Waals surface area contributed by atoms with Crippen LogP contribution in [0.25, 0.3) is 0 Å². The molecule has 0 bridgehead atoms. The molecule has 0 radical (unpaired) electrons. The largest absolute Gasteiger partial charge is 0.486 e. The van der Waals surface area contributed by atoms with Crippen molar-refractivity contribution in [1.82, 2.24) is 14.9 Å². The molecule has 2 aromatic carbocycles. The minimum Gasteiger partial charge on any atom is -0.486 e. The highest BCUT2D eigenvalue weighted by molar-refractivity contribution is 6.08. The number of rotatable bonds is 2. The van der Waals surface area contributed by atoms with Crippen LogP contribution in [-0.2, 0) is 0 Å². The van der Waals surface area contributed by atoms with Crippen LogP contribution >= 0.6 is 0 Å². The van der Waals surface area contributed by atoms with Gasteiger partial charge in [-0.05, 0) is 65.8 Å². The lowest BCUT2D eigenvalue weighted by Crippen LogP contribution is -2.62. The minimum atomic E-state index is -0.891. The Morgan fingerprint density at radius 3 is 2.00 bits per heavy atom. The van der Waals surface area contributed by atoms with Crippen molar-refractivity contribution in [2.24, 2.45) is 0 Å². The molecule has 8 heteroatoms. The zero-order chi connectivity index (χ0) is 25.4. The van der Waals surface area contributed by atoms with Gasteiger partial charge in [0.15, 0.2) is 11.5 Å². The first-order valence-electron chi connectivity index (χ1n) is 11.2. The summed E-state index contributed by atoms with van der Waals surface area (Å²) in [4.78, 5) is 42.5. The summed E-state index contributed by atoms with van der Waals surface area (Å²) in [6.45, 7) is 11.7. The first kappa shape index (κ1) is 25.1. The topological polar surface area (TPSA) is 79.4 Å². The highest BCUT2D eigenvalue weighted by atomic mass is 16.6. The molecule has 4 amide bonds. The highest BCUT2D eigenvalue weighted by Gasteiger charge is 2.41. The fourth-order valence-electron chi connectivity index (χ4n) is 3.97. The van der Waals surface area contributed by atoms with Gasteiger partial charge in [0.05, 0.1) is 5.54 Å². The molecule has 34 heavy (non-hydrogen) atoms. The van der Waals surface area contributed by atoms with E-state index < -0.39 is 23.4 Å². The van der Waals surface area contributed by atoms with Gasteiger partial charge in [-0.2, -0.15) is 5.01 Å². The quantitative estimate of drug-likeness (QED) is 0.613. The van der Waals surface area contributed by atoms with Crippen LogP contribution in [0.15, 0.2) is 30.3 Å². The molecule has 0 aromatic heterocycles. The molecular weight excluding hydrogens is 434 g/mol. The average Bonchev–Trinajstić information content (AvgIpc) is 2.75. The SMILES string of the molecule is Cc1cc(C)cc(C(=O)N(N(C(=O)c2ccc3c(c2C)OCCO3)C(=O)N(C)C)C(C)(C)C)c1. The van der Waals surface area contributed by atoms with Gasteiger partial charge in [-0.15, -0.1) is 0 Å². The van der Waals surface area contributed by atoms with Gasteiger partial charge in [0.1, 0.15) is 13.2 Å². The van der Waals surface area contributed by atoms with Crippen LogP contribution in [0.4, 0.5) is 4.79 Å². The molecule has 0 fully saturated rings. The number of hydrogen-bond donors (Lipinski definition) is 0. The van der Waals surface area contributed by atoms with Crippen molar-refractivity contribution in [2.45, 2.75) is 47.1 Å². The predicted octanol–water partition coefficient (Wildman–Crippen LogP) is 4.36. The first-order valence-corrected chi connectivity index (χ1v) is 11.2. The number of carbonyl (C=O) groups excluding carboxylic acids is 3. The van der Waals surface area contributed by atoms with Gasteiger partial charge in [0, 0.05) is 30.8 Å². The standard InChI is InChI=1S/C26H33N3O5/c1-16-13-17(2)15-19(14-16)23(30)29(26(4,5)6)28(25(32)27(7)8)24(31)20-9-10-21-22(18(20)3)34-12-11-33-21/h9-10,13-15H,11-12H2,1-8H3. The number of hydrazine groups is 1. The Bertz CT molecular complexity index is 1110. The molecule has 0 atom stereocenters. The van der Waals surface area contributed by atoms with Crippen molar-refractivity contribution >= 4 is 17.8 Å². The van der Waals surface area contributed by atoms with E-state index in [1.165, 1.54) is 9.91 Å². The molecule has 0 aliphatic carbocycles. The van der Waals surface area contributed by atoms with Gasteiger partial charge in [0.25, 0.3) is 11.8 Å². The van der Waals surface area contributed by atoms with Crippen LogP contribution in [0.2, 0.25) is 0 Å². The molecule has 0 N–H and O–H groups in total. The van der Waals surface area contributed by atoms with Crippen LogP contribution in [0.5, 0.6) is 11.5 Å². The number of hydrogen-bond acceptors (Lipinski definition) is 5. The molecule has 1 heterocycles.